The first-order valence-corrected chi connectivity index (χ1v) is 7.02. The van der Waals surface area contributed by atoms with E-state index in [-0.39, 0.29) is 5.56 Å². The fourth-order valence-corrected chi connectivity index (χ4v) is 2.82. The molecular weight excluding hydrogens is 270 g/mol. The Labute approximate surface area is 120 Å². The first kappa shape index (κ1) is 12.9. The van der Waals surface area contributed by atoms with E-state index in [0.29, 0.717) is 11.9 Å². The van der Waals surface area contributed by atoms with E-state index in [2.05, 4.69) is 21.8 Å². The van der Waals surface area contributed by atoms with E-state index >= 15 is 0 Å². The summed E-state index contributed by atoms with van der Waals surface area (Å²) in [4.78, 5) is 22.2. The van der Waals surface area contributed by atoms with Crippen molar-refractivity contribution in [1.29, 1.82) is 0 Å². The molecule has 0 saturated carbocycles. The molecule has 1 N–H and O–H groups in total. The molecule has 0 fully saturated rings. The van der Waals surface area contributed by atoms with Crippen molar-refractivity contribution >= 4 is 32.5 Å². The largest absolute Gasteiger partial charge is 0.312 e. The normalized spacial score (nSPS) is 10.9. The van der Waals surface area contributed by atoms with Gasteiger partial charge in [-0.25, -0.2) is 4.98 Å². The zero-order chi connectivity index (χ0) is 14.1. The molecule has 0 saturated heterocycles. The van der Waals surface area contributed by atoms with Crippen molar-refractivity contribution in [3.05, 3.63) is 39.6 Å². The lowest BCUT2D eigenvalue weighted by Crippen LogP contribution is -2.10. The third-order valence-corrected chi connectivity index (χ3v) is 3.76. The van der Waals surface area contributed by atoms with Gasteiger partial charge in [0.05, 0.1) is 6.54 Å². The molecule has 3 rings (SSSR count). The second-order valence-electron chi connectivity index (χ2n) is 4.74. The van der Waals surface area contributed by atoms with Crippen LogP contribution >= 0.6 is 11.3 Å². The maximum absolute atomic E-state index is 12.0. The van der Waals surface area contributed by atoms with Gasteiger partial charge in [0.2, 0.25) is 0 Å². The Hall–Kier alpha value is -2.16. The summed E-state index contributed by atoms with van der Waals surface area (Å²) in [5.41, 5.74) is 0.740. The monoisotopic (exact) mass is 283 g/mol. The minimum Gasteiger partial charge on any atom is -0.312 e. The van der Waals surface area contributed by atoms with Gasteiger partial charge in [0, 0.05) is 10.8 Å². The van der Waals surface area contributed by atoms with Gasteiger partial charge >= 0.3 is 0 Å². The van der Waals surface area contributed by atoms with Crippen LogP contribution in [0, 0.1) is 11.8 Å². The lowest BCUT2D eigenvalue weighted by Gasteiger charge is -2.00. The molecule has 0 bridgehead atoms. The predicted octanol–water partition coefficient (Wildman–Crippen LogP) is 2.05. The highest BCUT2D eigenvalue weighted by Crippen LogP contribution is 2.24. The molecule has 3 aromatic rings. The number of thiazole rings is 1. The fraction of sp³-hybridized carbons (Fsp3) is 0.200. The average Bonchev–Trinajstić information content (AvgIpc) is 2.81. The van der Waals surface area contributed by atoms with Crippen molar-refractivity contribution < 1.29 is 0 Å². The van der Waals surface area contributed by atoms with Crippen LogP contribution in [0.25, 0.3) is 21.1 Å². The molecule has 0 atom stereocenters. The summed E-state index contributed by atoms with van der Waals surface area (Å²) < 4.78 is 0. The number of nitrogens with zero attached hydrogens (tertiary/aromatic N) is 2. The second kappa shape index (κ2) is 5.08. The van der Waals surface area contributed by atoms with Crippen molar-refractivity contribution in [2.24, 2.45) is 0 Å². The number of hydrogen-bond donors (Lipinski definition) is 1. The van der Waals surface area contributed by atoms with Gasteiger partial charge in [-0.2, -0.15) is 0 Å². The summed E-state index contributed by atoms with van der Waals surface area (Å²) in [6.07, 6.45) is 0. The van der Waals surface area contributed by atoms with Crippen LogP contribution in [0.4, 0.5) is 0 Å². The predicted molar refractivity (Wildman–Crippen MR) is 83.2 cm³/mol. The van der Waals surface area contributed by atoms with E-state index in [0.717, 1.165) is 20.7 Å². The molecule has 4 nitrogen and oxygen atoms in total. The molecule has 0 aliphatic heterocycles. The van der Waals surface area contributed by atoms with Gasteiger partial charge in [-0.3, -0.25) is 9.69 Å². The summed E-state index contributed by atoms with van der Waals surface area (Å²) in [6.45, 7) is 0.688. The third-order valence-electron chi connectivity index (χ3n) is 2.87. The highest BCUT2D eigenvalue weighted by Gasteiger charge is 2.09. The van der Waals surface area contributed by atoms with Crippen molar-refractivity contribution in [2.75, 3.05) is 20.6 Å². The lowest BCUT2D eigenvalue weighted by molar-refractivity contribution is 0.464. The number of fused-ring (bicyclic) bond motifs is 3. The molecule has 0 radical (unpaired) electrons. The molecule has 0 aliphatic carbocycles. The van der Waals surface area contributed by atoms with Crippen molar-refractivity contribution in [3.63, 3.8) is 0 Å². The summed E-state index contributed by atoms with van der Waals surface area (Å²) in [5.74, 6) is 6.10. The summed E-state index contributed by atoms with van der Waals surface area (Å²) in [7, 11) is 3.94. The Balaban J connectivity index is 2.18. The molecule has 0 aliphatic rings. The maximum atomic E-state index is 12.0. The Bertz CT molecular complexity index is 896. The number of aromatic nitrogens is 2. The smallest absolute Gasteiger partial charge is 0.257 e. The second-order valence-corrected chi connectivity index (χ2v) is 5.74. The fourth-order valence-electron chi connectivity index (χ4n) is 1.97. The molecule has 0 unspecified atom stereocenters. The zero-order valence-corrected chi connectivity index (χ0v) is 12.0. The number of hydrogen-bond acceptors (Lipinski definition) is 4. The highest BCUT2D eigenvalue weighted by atomic mass is 32.1. The Morgan fingerprint density at radius 2 is 2.05 bits per heavy atom. The van der Waals surface area contributed by atoms with Gasteiger partial charge in [0.15, 0.2) is 5.01 Å². The molecule has 1 aromatic carbocycles. The minimum absolute atomic E-state index is 0.0791. The van der Waals surface area contributed by atoms with Gasteiger partial charge in [0.25, 0.3) is 5.56 Å². The lowest BCUT2D eigenvalue weighted by atomic mass is 10.1. The van der Waals surface area contributed by atoms with E-state index in [1.807, 2.05) is 43.3 Å². The van der Waals surface area contributed by atoms with Crippen molar-refractivity contribution in [1.82, 2.24) is 14.9 Å². The van der Waals surface area contributed by atoms with Gasteiger partial charge in [-0.15, -0.1) is 0 Å². The average molecular weight is 283 g/mol. The molecule has 100 valence electrons. The standard InChI is InChI=1S/C15H13N3OS/c1-18(2)9-5-8-12-16-13-10-6-3-4-7-11(10)14(19)17-15(13)20-12/h3-4,6-7H,9H2,1-2H3,(H,17,19). The minimum atomic E-state index is -0.0791. The van der Waals surface area contributed by atoms with E-state index in [1.165, 1.54) is 11.3 Å². The third kappa shape index (κ3) is 2.31. The van der Waals surface area contributed by atoms with E-state index in [1.54, 1.807) is 0 Å². The van der Waals surface area contributed by atoms with Crippen LogP contribution in [0.5, 0.6) is 0 Å². The van der Waals surface area contributed by atoms with Crippen molar-refractivity contribution in [3.8, 4) is 11.8 Å². The number of aromatic amines is 1. The summed E-state index contributed by atoms with van der Waals surface area (Å²) in [5, 5.41) is 2.27. The van der Waals surface area contributed by atoms with E-state index in [9.17, 15) is 4.79 Å². The van der Waals surface area contributed by atoms with Gasteiger partial charge in [-0.1, -0.05) is 35.5 Å². The van der Waals surface area contributed by atoms with Gasteiger partial charge < -0.3 is 4.98 Å². The molecule has 20 heavy (non-hydrogen) atoms. The molecule has 5 heteroatoms. The van der Waals surface area contributed by atoms with Crippen LogP contribution in [0.1, 0.15) is 5.01 Å². The quantitative estimate of drug-likeness (QED) is 0.695. The Morgan fingerprint density at radius 1 is 1.30 bits per heavy atom. The maximum Gasteiger partial charge on any atom is 0.257 e. The SMILES string of the molecule is CN(C)CC#Cc1nc2c([nH]c(=O)c3ccccc32)s1. The Kier molecular flexibility index (Phi) is 3.26. The highest BCUT2D eigenvalue weighted by molar-refractivity contribution is 7.18. The van der Waals surface area contributed by atoms with Crippen LogP contribution in [0.3, 0.4) is 0 Å². The first-order chi connectivity index (χ1) is 9.65. The van der Waals surface area contributed by atoms with Crippen molar-refractivity contribution in [2.45, 2.75) is 0 Å². The summed E-state index contributed by atoms with van der Waals surface area (Å²) in [6, 6.07) is 7.50. The number of nitrogens with one attached hydrogen (secondary N) is 1. The van der Waals surface area contributed by atoms with Crippen LogP contribution in [0.15, 0.2) is 29.1 Å². The van der Waals surface area contributed by atoms with Crippen LogP contribution in [-0.2, 0) is 0 Å². The molecule has 2 aromatic heterocycles. The first-order valence-electron chi connectivity index (χ1n) is 6.20. The molecule has 2 heterocycles. The number of H-pyrrole nitrogens is 1. The summed E-state index contributed by atoms with van der Waals surface area (Å²) >= 11 is 1.42. The van der Waals surface area contributed by atoms with Crippen LogP contribution in [-0.4, -0.2) is 35.5 Å². The van der Waals surface area contributed by atoms with Gasteiger partial charge in [0.1, 0.15) is 10.3 Å². The molecular formula is C15H13N3OS. The molecule has 0 spiro atoms. The Morgan fingerprint density at radius 3 is 2.80 bits per heavy atom. The molecule has 0 amide bonds. The number of benzene rings is 1. The van der Waals surface area contributed by atoms with E-state index < -0.39 is 0 Å². The van der Waals surface area contributed by atoms with Crippen LogP contribution in [0.2, 0.25) is 0 Å². The topological polar surface area (TPSA) is 49.0 Å². The van der Waals surface area contributed by atoms with E-state index in [4.69, 9.17) is 0 Å². The number of rotatable bonds is 1. The number of pyridine rings is 1. The van der Waals surface area contributed by atoms with Crippen LogP contribution < -0.4 is 5.56 Å². The zero-order valence-electron chi connectivity index (χ0n) is 11.2. The van der Waals surface area contributed by atoms with Gasteiger partial charge in [-0.05, 0) is 26.1 Å².